The Hall–Kier alpha value is -3.01. The molecule has 0 atom stereocenters. The zero-order valence-corrected chi connectivity index (χ0v) is 15.2. The van der Waals surface area contributed by atoms with Crippen molar-refractivity contribution in [3.05, 3.63) is 64.7 Å². The molecule has 1 fully saturated rings. The SMILES string of the molecule is COc1cccc(C=C2CCC(=Cc3cc(OC)cc(OC)c3)C2=O)c1. The van der Waals surface area contributed by atoms with Gasteiger partial charge < -0.3 is 14.2 Å². The predicted molar refractivity (Wildman–Crippen MR) is 103 cm³/mol. The van der Waals surface area contributed by atoms with E-state index in [1.165, 1.54) is 0 Å². The number of hydrogen-bond donors (Lipinski definition) is 0. The number of carbonyl (C=O) groups is 1. The molecule has 0 N–H and O–H groups in total. The van der Waals surface area contributed by atoms with E-state index < -0.39 is 0 Å². The molecule has 2 aromatic carbocycles. The highest BCUT2D eigenvalue weighted by Gasteiger charge is 2.23. The Bertz CT molecular complexity index is 855. The van der Waals surface area contributed by atoms with Gasteiger partial charge in [0.15, 0.2) is 5.78 Å². The quantitative estimate of drug-likeness (QED) is 0.743. The average molecular weight is 350 g/mol. The van der Waals surface area contributed by atoms with E-state index in [1.807, 2.05) is 54.6 Å². The molecule has 2 aromatic rings. The standard InChI is InChI=1S/C22H22O4/c1-24-19-6-4-5-15(11-19)9-17-7-8-18(22(17)23)10-16-12-20(25-2)14-21(13-16)26-3/h4-6,9-14H,7-8H2,1-3H3. The van der Waals surface area contributed by atoms with Crippen molar-refractivity contribution in [2.24, 2.45) is 0 Å². The molecule has 0 aromatic heterocycles. The number of benzene rings is 2. The smallest absolute Gasteiger partial charge is 0.185 e. The summed E-state index contributed by atoms with van der Waals surface area (Å²) in [6.45, 7) is 0. The van der Waals surface area contributed by atoms with E-state index in [1.54, 1.807) is 21.3 Å². The number of ether oxygens (including phenoxy) is 3. The van der Waals surface area contributed by atoms with Crippen LogP contribution in [-0.2, 0) is 4.79 Å². The molecule has 26 heavy (non-hydrogen) atoms. The van der Waals surface area contributed by atoms with Crippen molar-refractivity contribution in [2.75, 3.05) is 21.3 Å². The summed E-state index contributed by atoms with van der Waals surface area (Å²) in [4.78, 5) is 12.7. The van der Waals surface area contributed by atoms with Crippen LogP contribution in [0.25, 0.3) is 12.2 Å². The first-order valence-electron chi connectivity index (χ1n) is 8.46. The highest BCUT2D eigenvalue weighted by atomic mass is 16.5. The second-order valence-electron chi connectivity index (χ2n) is 6.09. The van der Waals surface area contributed by atoms with Crippen molar-refractivity contribution in [2.45, 2.75) is 12.8 Å². The maximum Gasteiger partial charge on any atom is 0.185 e. The van der Waals surface area contributed by atoms with Crippen molar-refractivity contribution >= 4 is 17.9 Å². The number of ketones is 1. The molecule has 0 saturated heterocycles. The molecule has 0 aliphatic heterocycles. The first-order chi connectivity index (χ1) is 12.6. The van der Waals surface area contributed by atoms with Crippen LogP contribution in [0, 0.1) is 0 Å². The predicted octanol–water partition coefficient (Wildman–Crippen LogP) is 4.54. The molecule has 1 aliphatic carbocycles. The van der Waals surface area contributed by atoms with Gasteiger partial charge in [-0.15, -0.1) is 0 Å². The molecule has 3 rings (SSSR count). The van der Waals surface area contributed by atoms with Gasteiger partial charge in [0.05, 0.1) is 21.3 Å². The maximum atomic E-state index is 12.7. The van der Waals surface area contributed by atoms with E-state index in [-0.39, 0.29) is 5.78 Å². The Kier molecular flexibility index (Phi) is 5.42. The lowest BCUT2D eigenvalue weighted by molar-refractivity contribution is -0.111. The first-order valence-corrected chi connectivity index (χ1v) is 8.46. The molecular weight excluding hydrogens is 328 g/mol. The molecule has 0 amide bonds. The zero-order valence-electron chi connectivity index (χ0n) is 15.2. The van der Waals surface area contributed by atoms with Crippen LogP contribution < -0.4 is 14.2 Å². The fraction of sp³-hybridized carbons (Fsp3) is 0.227. The highest BCUT2D eigenvalue weighted by molar-refractivity contribution is 6.15. The van der Waals surface area contributed by atoms with Crippen LogP contribution in [0.5, 0.6) is 17.2 Å². The maximum absolute atomic E-state index is 12.7. The topological polar surface area (TPSA) is 44.8 Å². The fourth-order valence-corrected chi connectivity index (χ4v) is 3.02. The third-order valence-corrected chi connectivity index (χ3v) is 4.40. The van der Waals surface area contributed by atoms with Crippen molar-refractivity contribution in [1.82, 2.24) is 0 Å². The molecule has 134 valence electrons. The number of Topliss-reactive ketones (excluding diaryl/α,β-unsaturated/α-hetero) is 1. The summed E-state index contributed by atoms with van der Waals surface area (Å²) in [5.74, 6) is 2.28. The monoisotopic (exact) mass is 350 g/mol. The molecule has 4 nitrogen and oxygen atoms in total. The highest BCUT2D eigenvalue weighted by Crippen LogP contribution is 2.31. The minimum atomic E-state index is 0.0922. The van der Waals surface area contributed by atoms with Gasteiger partial charge in [0.2, 0.25) is 0 Å². The number of hydrogen-bond acceptors (Lipinski definition) is 4. The Morgan fingerprint density at radius 1 is 0.731 bits per heavy atom. The van der Waals surface area contributed by atoms with Gasteiger partial charge in [-0.2, -0.15) is 0 Å². The van der Waals surface area contributed by atoms with Gasteiger partial charge in [-0.25, -0.2) is 0 Å². The lowest BCUT2D eigenvalue weighted by Gasteiger charge is -2.06. The molecule has 0 unspecified atom stereocenters. The summed E-state index contributed by atoms with van der Waals surface area (Å²) < 4.78 is 15.8. The second kappa shape index (κ2) is 7.91. The van der Waals surface area contributed by atoms with Crippen LogP contribution in [0.4, 0.5) is 0 Å². The van der Waals surface area contributed by atoms with E-state index in [2.05, 4.69) is 0 Å². The van der Waals surface area contributed by atoms with E-state index in [4.69, 9.17) is 14.2 Å². The van der Waals surface area contributed by atoms with Gasteiger partial charge in [-0.05, 0) is 60.4 Å². The number of methoxy groups -OCH3 is 3. The third kappa shape index (κ3) is 3.97. The molecule has 0 bridgehead atoms. The molecule has 0 heterocycles. The summed E-state index contributed by atoms with van der Waals surface area (Å²) in [7, 11) is 4.86. The molecular formula is C22H22O4. The van der Waals surface area contributed by atoms with Gasteiger partial charge in [0.1, 0.15) is 17.2 Å². The largest absolute Gasteiger partial charge is 0.497 e. The van der Waals surface area contributed by atoms with Gasteiger partial charge in [0.25, 0.3) is 0 Å². The molecule has 0 radical (unpaired) electrons. The van der Waals surface area contributed by atoms with E-state index >= 15 is 0 Å². The number of carbonyl (C=O) groups excluding carboxylic acids is 1. The lowest BCUT2D eigenvalue weighted by Crippen LogP contribution is -1.96. The van der Waals surface area contributed by atoms with Crippen LogP contribution in [0.1, 0.15) is 24.0 Å². The summed E-state index contributed by atoms with van der Waals surface area (Å²) in [6, 6.07) is 13.3. The van der Waals surface area contributed by atoms with Crippen LogP contribution >= 0.6 is 0 Å². The van der Waals surface area contributed by atoms with Crippen LogP contribution in [0.2, 0.25) is 0 Å². The van der Waals surface area contributed by atoms with Crippen LogP contribution in [0.15, 0.2) is 53.6 Å². The fourth-order valence-electron chi connectivity index (χ4n) is 3.02. The minimum absolute atomic E-state index is 0.0922. The van der Waals surface area contributed by atoms with Crippen molar-refractivity contribution < 1.29 is 19.0 Å². The van der Waals surface area contributed by atoms with Crippen molar-refractivity contribution in [1.29, 1.82) is 0 Å². The van der Waals surface area contributed by atoms with Gasteiger partial charge in [-0.3, -0.25) is 4.79 Å². The summed E-state index contributed by atoms with van der Waals surface area (Å²) in [6.07, 6.45) is 5.33. The Morgan fingerprint density at radius 2 is 1.27 bits per heavy atom. The van der Waals surface area contributed by atoms with Gasteiger partial charge in [-0.1, -0.05) is 12.1 Å². The van der Waals surface area contributed by atoms with Crippen molar-refractivity contribution in [3.63, 3.8) is 0 Å². The Labute approximate surface area is 153 Å². The van der Waals surface area contributed by atoms with Crippen molar-refractivity contribution in [3.8, 4) is 17.2 Å². The molecule has 1 aliphatic rings. The number of rotatable bonds is 5. The first kappa shape index (κ1) is 17.8. The molecule has 1 saturated carbocycles. The zero-order chi connectivity index (χ0) is 18.5. The van der Waals surface area contributed by atoms with Crippen LogP contribution in [0.3, 0.4) is 0 Å². The van der Waals surface area contributed by atoms with E-state index in [0.29, 0.717) is 11.5 Å². The Morgan fingerprint density at radius 3 is 1.85 bits per heavy atom. The van der Waals surface area contributed by atoms with E-state index in [9.17, 15) is 4.79 Å². The summed E-state index contributed by atoms with van der Waals surface area (Å²) in [5, 5.41) is 0. The summed E-state index contributed by atoms with van der Waals surface area (Å²) in [5.41, 5.74) is 3.48. The minimum Gasteiger partial charge on any atom is -0.497 e. The average Bonchev–Trinajstić information content (AvgIpc) is 3.01. The normalized spacial score (nSPS) is 17.0. The molecule has 0 spiro atoms. The van der Waals surface area contributed by atoms with Crippen LogP contribution in [-0.4, -0.2) is 27.1 Å². The molecule has 4 heteroatoms. The summed E-state index contributed by atoms with van der Waals surface area (Å²) >= 11 is 0. The van der Waals surface area contributed by atoms with Gasteiger partial charge in [0, 0.05) is 17.2 Å². The third-order valence-electron chi connectivity index (χ3n) is 4.40. The second-order valence-corrected chi connectivity index (χ2v) is 6.09. The van der Waals surface area contributed by atoms with E-state index in [0.717, 1.165) is 40.9 Å². The lowest BCUT2D eigenvalue weighted by atomic mass is 10.1. The Balaban J connectivity index is 1.86. The number of allylic oxidation sites excluding steroid dienone is 2. The van der Waals surface area contributed by atoms with Gasteiger partial charge >= 0.3 is 0 Å².